The van der Waals surface area contributed by atoms with E-state index in [0.29, 0.717) is 17.0 Å². The molecule has 2 aromatic rings. The van der Waals surface area contributed by atoms with Crippen LogP contribution < -0.4 is 5.84 Å². The number of hydrazone groups is 1. The maximum Gasteiger partial charge on any atom is 0.269 e. The first-order chi connectivity index (χ1) is 13.5. The molecule has 0 bridgehead atoms. The number of non-ortho nitro benzene ring substituents is 1. The number of allylic oxidation sites excluding steroid dienone is 5. The summed E-state index contributed by atoms with van der Waals surface area (Å²) in [6.45, 7) is 0. The molecule has 3 N–H and O–H groups in total. The average Bonchev–Trinajstić information content (AvgIpc) is 3.47. The number of benzene rings is 1. The summed E-state index contributed by atoms with van der Waals surface area (Å²) in [5.74, 6) is 6.22. The second-order valence-corrected chi connectivity index (χ2v) is 6.25. The zero-order valence-electron chi connectivity index (χ0n) is 15.0. The molecule has 4 rings (SSSR count). The van der Waals surface area contributed by atoms with Crippen molar-refractivity contribution in [2.24, 2.45) is 10.9 Å². The van der Waals surface area contributed by atoms with E-state index < -0.39 is 10.4 Å². The Morgan fingerprint density at radius 3 is 2.28 bits per heavy atom. The van der Waals surface area contributed by atoms with Gasteiger partial charge in [-0.3, -0.25) is 15.1 Å². The summed E-state index contributed by atoms with van der Waals surface area (Å²) in [5.41, 5.74) is 0.442. The van der Waals surface area contributed by atoms with Crippen LogP contribution in [-0.4, -0.2) is 31.4 Å². The van der Waals surface area contributed by atoms with Crippen LogP contribution >= 0.6 is 12.6 Å². The molecule has 0 amide bonds. The molecule has 1 aliphatic carbocycles. The molecule has 0 radical (unpaired) electrons. The minimum atomic E-state index is -0.699. The SMILES string of the molecule is NN1C(c2ccc([N+](=O)[O-])cc2)=NN(C(O)=C2C=CC=C2)C1S.[Fe].c1cc[cH-]c1. The third-order valence-corrected chi connectivity index (χ3v) is 4.41. The number of amidine groups is 1. The van der Waals surface area contributed by atoms with Crippen LogP contribution in [0.15, 0.2) is 95.5 Å². The molecule has 0 fully saturated rings. The number of thiol groups is 1. The molecule has 1 unspecified atom stereocenters. The van der Waals surface area contributed by atoms with Crippen LogP contribution in [0.1, 0.15) is 5.56 Å². The summed E-state index contributed by atoms with van der Waals surface area (Å²) in [6, 6.07) is 15.8. The second-order valence-electron chi connectivity index (χ2n) is 5.79. The van der Waals surface area contributed by atoms with E-state index in [1.54, 1.807) is 36.4 Å². The van der Waals surface area contributed by atoms with Crippen LogP contribution in [-0.2, 0) is 17.1 Å². The molecule has 2 aromatic carbocycles. The molecule has 2 aliphatic rings. The Morgan fingerprint density at radius 2 is 1.79 bits per heavy atom. The Hall–Kier alpha value is -2.91. The van der Waals surface area contributed by atoms with Gasteiger partial charge in [-0.2, -0.15) is 23.2 Å². The van der Waals surface area contributed by atoms with Gasteiger partial charge in [-0.05, 0) is 24.3 Å². The van der Waals surface area contributed by atoms with E-state index >= 15 is 0 Å². The van der Waals surface area contributed by atoms with Gasteiger partial charge in [-0.1, -0.05) is 12.2 Å². The Labute approximate surface area is 183 Å². The van der Waals surface area contributed by atoms with Crippen LogP contribution in [0.25, 0.3) is 0 Å². The van der Waals surface area contributed by atoms with Crippen molar-refractivity contribution in [3.05, 3.63) is 106 Å². The fraction of sp³-hybridized carbons (Fsp3) is 0.0526. The zero-order chi connectivity index (χ0) is 20.1. The molecular weight excluding hydrogens is 434 g/mol. The quantitative estimate of drug-likeness (QED) is 0.126. The molecule has 1 atom stereocenters. The maximum atomic E-state index is 10.7. The fourth-order valence-electron chi connectivity index (χ4n) is 2.50. The molecule has 0 saturated heterocycles. The van der Waals surface area contributed by atoms with Gasteiger partial charge >= 0.3 is 0 Å². The standard InChI is InChI=1S/C14H13N5O3S.C5H5.Fe/c15-17-12(9-5-7-11(8-6-9)19(21)22)16-18(14(17)23)13(20)10-3-1-2-4-10;1-2-4-5-3-1;/h1-8,14,20,23H,15H2;1-5H;/q;-1;. The Kier molecular flexibility index (Phi) is 7.74. The number of nitrogens with zero attached hydrogens (tertiary/aromatic N) is 4. The smallest absolute Gasteiger partial charge is 0.269 e. The number of rotatable bonds is 3. The first kappa shape index (κ1) is 22.4. The summed E-state index contributed by atoms with van der Waals surface area (Å²) in [7, 11) is 0. The maximum absolute atomic E-state index is 10.7. The molecule has 1 heterocycles. The number of nitrogens with two attached hydrogens (primary N) is 1. The third kappa shape index (κ3) is 5.12. The van der Waals surface area contributed by atoms with Crippen LogP contribution in [0.3, 0.4) is 0 Å². The summed E-state index contributed by atoms with van der Waals surface area (Å²) >= 11 is 4.34. The second kappa shape index (κ2) is 10.0. The van der Waals surface area contributed by atoms with E-state index in [-0.39, 0.29) is 28.6 Å². The molecule has 29 heavy (non-hydrogen) atoms. The largest absolute Gasteiger partial charge is 0.493 e. The van der Waals surface area contributed by atoms with E-state index in [9.17, 15) is 15.2 Å². The molecule has 10 heteroatoms. The zero-order valence-corrected chi connectivity index (χ0v) is 17.0. The number of hydrazine groups is 1. The van der Waals surface area contributed by atoms with Gasteiger partial charge in [-0.15, -0.1) is 17.7 Å². The number of nitro benzene ring substituents is 1. The molecular formula is C19H18FeN5O3S-. The molecule has 152 valence electrons. The van der Waals surface area contributed by atoms with Gasteiger partial charge in [0.1, 0.15) is 0 Å². The van der Waals surface area contributed by atoms with Gasteiger partial charge < -0.3 is 5.11 Å². The van der Waals surface area contributed by atoms with Crippen molar-refractivity contribution in [1.82, 2.24) is 10.0 Å². The topological polar surface area (TPSA) is 108 Å². The van der Waals surface area contributed by atoms with Gasteiger partial charge in [0.2, 0.25) is 5.88 Å². The van der Waals surface area contributed by atoms with Crippen LogP contribution in [0.2, 0.25) is 0 Å². The Bertz CT molecular complexity index is 924. The summed E-state index contributed by atoms with van der Waals surface area (Å²) in [6.07, 6.45) is 7.04. The van der Waals surface area contributed by atoms with E-state index in [1.165, 1.54) is 22.2 Å². The van der Waals surface area contributed by atoms with Gasteiger partial charge in [-0.25, -0.2) is 18.0 Å². The molecule has 1 aliphatic heterocycles. The van der Waals surface area contributed by atoms with E-state index in [0.717, 1.165) is 0 Å². The third-order valence-electron chi connectivity index (χ3n) is 3.94. The minimum Gasteiger partial charge on any atom is -0.493 e. The summed E-state index contributed by atoms with van der Waals surface area (Å²) < 4.78 is 0. The molecule has 0 spiro atoms. The van der Waals surface area contributed by atoms with Gasteiger partial charge in [0.05, 0.1) is 4.92 Å². The van der Waals surface area contributed by atoms with Crippen molar-refractivity contribution in [2.75, 3.05) is 0 Å². The normalized spacial score (nSPS) is 16.8. The number of aliphatic hydroxyl groups is 1. The van der Waals surface area contributed by atoms with Crippen molar-refractivity contribution in [1.29, 1.82) is 0 Å². The Morgan fingerprint density at radius 1 is 1.21 bits per heavy atom. The van der Waals surface area contributed by atoms with Crippen LogP contribution in [0, 0.1) is 10.1 Å². The van der Waals surface area contributed by atoms with Crippen molar-refractivity contribution in [2.45, 2.75) is 5.50 Å². The van der Waals surface area contributed by atoms with Crippen molar-refractivity contribution < 1.29 is 27.1 Å². The van der Waals surface area contributed by atoms with E-state index in [1.807, 2.05) is 30.3 Å². The number of hydrogen-bond acceptors (Lipinski definition) is 8. The van der Waals surface area contributed by atoms with Crippen molar-refractivity contribution >= 4 is 24.2 Å². The fourth-order valence-corrected chi connectivity index (χ4v) is 2.77. The van der Waals surface area contributed by atoms with E-state index in [2.05, 4.69) is 17.7 Å². The molecule has 0 aromatic heterocycles. The number of nitro groups is 1. The monoisotopic (exact) mass is 452 g/mol. The molecule has 0 saturated carbocycles. The van der Waals surface area contributed by atoms with Gasteiger partial charge in [0, 0.05) is 40.3 Å². The van der Waals surface area contributed by atoms with Crippen molar-refractivity contribution in [3.8, 4) is 0 Å². The minimum absolute atomic E-state index is 0. The first-order valence-corrected chi connectivity index (χ1v) is 8.80. The first-order valence-electron chi connectivity index (χ1n) is 8.28. The van der Waals surface area contributed by atoms with Crippen molar-refractivity contribution in [3.63, 3.8) is 0 Å². The van der Waals surface area contributed by atoms with Crippen LogP contribution in [0.4, 0.5) is 5.69 Å². The number of hydrogen-bond donors (Lipinski definition) is 3. The number of aliphatic hydroxyl groups excluding tert-OH is 1. The summed E-state index contributed by atoms with van der Waals surface area (Å²) in [4.78, 5) is 10.2. The van der Waals surface area contributed by atoms with Gasteiger partial charge in [0.25, 0.3) is 5.69 Å². The van der Waals surface area contributed by atoms with Crippen LogP contribution in [0.5, 0.6) is 0 Å². The van der Waals surface area contributed by atoms with E-state index in [4.69, 9.17) is 5.84 Å². The predicted octanol–water partition coefficient (Wildman–Crippen LogP) is 3.26. The average molecular weight is 452 g/mol. The Balaban J connectivity index is 0.000000437. The van der Waals surface area contributed by atoms with Gasteiger partial charge in [0.15, 0.2) is 11.3 Å². The molecule has 8 nitrogen and oxygen atoms in total. The predicted molar refractivity (Wildman–Crippen MR) is 110 cm³/mol. The summed E-state index contributed by atoms with van der Waals surface area (Å²) in [5, 5.41) is 27.8.